The summed E-state index contributed by atoms with van der Waals surface area (Å²) in [6.07, 6.45) is 5.43. The van der Waals surface area contributed by atoms with E-state index < -0.39 is 5.82 Å². The first-order valence-corrected chi connectivity index (χ1v) is 12.5. The molecule has 1 amide bonds. The van der Waals surface area contributed by atoms with Gasteiger partial charge in [-0.2, -0.15) is 0 Å². The number of anilines is 3. The van der Waals surface area contributed by atoms with E-state index in [4.69, 9.17) is 21.1 Å². The highest BCUT2D eigenvalue weighted by molar-refractivity contribution is 6.31. The molecule has 4 rings (SSSR count). The van der Waals surface area contributed by atoms with Crippen molar-refractivity contribution >= 4 is 45.6 Å². The van der Waals surface area contributed by atoms with Crippen LogP contribution in [-0.2, 0) is 9.53 Å². The summed E-state index contributed by atoms with van der Waals surface area (Å²) < 4.78 is 25.8. The lowest BCUT2D eigenvalue weighted by Gasteiger charge is -2.18. The fraction of sp³-hybridized carbons (Fsp3) is 0.370. The first-order valence-electron chi connectivity index (χ1n) is 12.1. The third-order valence-electron chi connectivity index (χ3n) is 5.95. The number of benzene rings is 2. The van der Waals surface area contributed by atoms with Gasteiger partial charge in [0.1, 0.15) is 29.8 Å². The highest BCUT2D eigenvalue weighted by Crippen LogP contribution is 2.36. The van der Waals surface area contributed by atoms with E-state index in [-0.39, 0.29) is 23.1 Å². The second kappa shape index (κ2) is 11.9. The molecule has 1 aliphatic rings. The van der Waals surface area contributed by atoms with Crippen LogP contribution in [0.5, 0.6) is 5.75 Å². The molecule has 0 aliphatic carbocycles. The summed E-state index contributed by atoms with van der Waals surface area (Å²) in [5, 5.41) is 6.73. The van der Waals surface area contributed by atoms with E-state index in [1.54, 1.807) is 24.3 Å². The minimum Gasteiger partial charge on any atom is -0.486 e. The Hall–Kier alpha value is -3.27. The van der Waals surface area contributed by atoms with Crippen molar-refractivity contribution in [2.75, 3.05) is 37.9 Å². The molecular weight excluding hydrogens is 497 g/mol. The molecule has 3 aromatic rings. The van der Waals surface area contributed by atoms with Crippen molar-refractivity contribution in [2.24, 2.45) is 5.92 Å². The Balaban J connectivity index is 1.67. The Morgan fingerprint density at radius 3 is 2.81 bits per heavy atom. The van der Waals surface area contributed by atoms with Gasteiger partial charge in [-0.25, -0.2) is 14.4 Å². The SMILES string of the molecule is CC(C)C1C[C@H](Oc2cc3ncnc(Nc4ccc(F)c(Cl)c4)c3cc2NC(=O)/C=C/CN(C)C)CO1. The summed E-state index contributed by atoms with van der Waals surface area (Å²) >= 11 is 5.94. The lowest BCUT2D eigenvalue weighted by molar-refractivity contribution is -0.111. The predicted octanol–water partition coefficient (Wildman–Crippen LogP) is 5.41. The molecule has 2 aromatic carbocycles. The highest BCUT2D eigenvalue weighted by Gasteiger charge is 2.30. The summed E-state index contributed by atoms with van der Waals surface area (Å²) in [4.78, 5) is 23.4. The van der Waals surface area contributed by atoms with Crippen molar-refractivity contribution < 1.29 is 18.7 Å². The minimum atomic E-state index is -0.510. The third kappa shape index (κ3) is 6.94. The Bertz CT molecular complexity index is 1300. The fourth-order valence-corrected chi connectivity index (χ4v) is 4.17. The molecule has 37 heavy (non-hydrogen) atoms. The van der Waals surface area contributed by atoms with E-state index in [2.05, 4.69) is 34.4 Å². The van der Waals surface area contributed by atoms with Gasteiger partial charge in [0.15, 0.2) is 0 Å². The molecule has 0 saturated carbocycles. The summed E-state index contributed by atoms with van der Waals surface area (Å²) in [5.41, 5.74) is 1.66. The van der Waals surface area contributed by atoms with Gasteiger partial charge < -0.3 is 25.0 Å². The van der Waals surface area contributed by atoms with Crippen molar-refractivity contribution in [1.82, 2.24) is 14.9 Å². The molecule has 0 radical (unpaired) electrons. The van der Waals surface area contributed by atoms with Gasteiger partial charge in [0.05, 0.1) is 28.9 Å². The van der Waals surface area contributed by atoms with Crippen LogP contribution < -0.4 is 15.4 Å². The number of fused-ring (bicyclic) bond motifs is 1. The van der Waals surface area contributed by atoms with Crippen LogP contribution in [0.1, 0.15) is 20.3 Å². The third-order valence-corrected chi connectivity index (χ3v) is 6.23. The van der Waals surface area contributed by atoms with E-state index in [1.807, 2.05) is 19.0 Å². The van der Waals surface area contributed by atoms with Gasteiger partial charge in [-0.1, -0.05) is 31.5 Å². The highest BCUT2D eigenvalue weighted by atomic mass is 35.5. The van der Waals surface area contributed by atoms with E-state index in [0.29, 0.717) is 52.9 Å². The van der Waals surface area contributed by atoms with Gasteiger partial charge in [-0.15, -0.1) is 0 Å². The zero-order valence-corrected chi connectivity index (χ0v) is 22.1. The van der Waals surface area contributed by atoms with E-state index in [1.165, 1.54) is 24.5 Å². The van der Waals surface area contributed by atoms with Crippen LogP contribution in [-0.4, -0.2) is 60.2 Å². The smallest absolute Gasteiger partial charge is 0.248 e. The Morgan fingerprint density at radius 1 is 1.30 bits per heavy atom. The van der Waals surface area contributed by atoms with Crippen molar-refractivity contribution in [1.29, 1.82) is 0 Å². The topological polar surface area (TPSA) is 88.6 Å². The molecule has 0 bridgehead atoms. The zero-order valence-electron chi connectivity index (χ0n) is 21.3. The zero-order chi connectivity index (χ0) is 26.5. The lowest BCUT2D eigenvalue weighted by atomic mass is 10.0. The number of amides is 1. The standard InChI is InChI=1S/C27H31ClFN5O3/c1-16(2)24-11-18(14-36-24)37-25-13-22-19(12-23(25)33-26(35)6-5-9-34(3)4)27(31-15-30-22)32-17-7-8-21(29)20(28)10-17/h5-8,10,12-13,15-16,18,24H,9,11,14H2,1-4H3,(H,33,35)(H,30,31,32)/b6-5+/t18-,24?/m0/s1. The maximum absolute atomic E-state index is 13.6. The van der Waals surface area contributed by atoms with Gasteiger partial charge in [-0.3, -0.25) is 4.79 Å². The summed E-state index contributed by atoms with van der Waals surface area (Å²) in [6.45, 7) is 5.34. The molecular formula is C27H31ClFN5O3. The normalized spacial score (nSPS) is 17.7. The Labute approximate surface area is 220 Å². The molecule has 1 fully saturated rings. The molecule has 2 atom stereocenters. The van der Waals surface area contributed by atoms with Crippen molar-refractivity contribution in [3.8, 4) is 5.75 Å². The largest absolute Gasteiger partial charge is 0.486 e. The number of ether oxygens (including phenoxy) is 2. The van der Waals surface area contributed by atoms with Crippen LogP contribution in [0, 0.1) is 11.7 Å². The fourth-order valence-electron chi connectivity index (χ4n) is 3.99. The number of halogens is 2. The average molecular weight is 528 g/mol. The number of nitrogens with one attached hydrogen (secondary N) is 2. The van der Waals surface area contributed by atoms with Crippen molar-refractivity contribution in [3.63, 3.8) is 0 Å². The molecule has 1 unspecified atom stereocenters. The molecule has 1 aliphatic heterocycles. The van der Waals surface area contributed by atoms with Gasteiger partial charge in [0.2, 0.25) is 5.91 Å². The second-order valence-corrected chi connectivity index (χ2v) is 9.99. The first-order chi connectivity index (χ1) is 17.7. The van der Waals surface area contributed by atoms with Crippen molar-refractivity contribution in [2.45, 2.75) is 32.5 Å². The van der Waals surface area contributed by atoms with Crippen LogP contribution in [0.4, 0.5) is 21.6 Å². The molecule has 2 N–H and O–H groups in total. The quantitative estimate of drug-likeness (QED) is 0.359. The van der Waals surface area contributed by atoms with Crippen LogP contribution in [0.25, 0.3) is 10.9 Å². The van der Waals surface area contributed by atoms with E-state index >= 15 is 0 Å². The summed E-state index contributed by atoms with van der Waals surface area (Å²) in [6, 6.07) is 7.87. The lowest BCUT2D eigenvalue weighted by Crippen LogP contribution is -2.19. The Kier molecular flexibility index (Phi) is 8.58. The van der Waals surface area contributed by atoms with Gasteiger partial charge in [0, 0.05) is 36.2 Å². The van der Waals surface area contributed by atoms with Crippen LogP contribution in [0.3, 0.4) is 0 Å². The van der Waals surface area contributed by atoms with Gasteiger partial charge in [0.25, 0.3) is 0 Å². The molecule has 10 heteroatoms. The molecule has 8 nitrogen and oxygen atoms in total. The summed E-state index contributed by atoms with van der Waals surface area (Å²) in [5.74, 6) is 0.554. The molecule has 2 heterocycles. The Morgan fingerprint density at radius 2 is 2.11 bits per heavy atom. The van der Waals surface area contributed by atoms with Crippen molar-refractivity contribution in [3.05, 3.63) is 59.7 Å². The molecule has 1 saturated heterocycles. The average Bonchev–Trinajstić information content (AvgIpc) is 3.31. The number of hydrogen-bond acceptors (Lipinski definition) is 7. The summed E-state index contributed by atoms with van der Waals surface area (Å²) in [7, 11) is 3.85. The maximum atomic E-state index is 13.6. The minimum absolute atomic E-state index is 0.00463. The number of carbonyl (C=O) groups is 1. The molecule has 0 spiro atoms. The van der Waals surface area contributed by atoms with Crippen LogP contribution in [0.2, 0.25) is 5.02 Å². The van der Waals surface area contributed by atoms with Crippen LogP contribution in [0.15, 0.2) is 48.8 Å². The number of rotatable bonds is 9. The first kappa shape index (κ1) is 26.8. The molecule has 196 valence electrons. The molecule has 1 aromatic heterocycles. The van der Waals surface area contributed by atoms with Gasteiger partial charge in [-0.05, 0) is 44.3 Å². The number of likely N-dealkylation sites (N-methyl/N-ethyl adjacent to an activating group) is 1. The number of aromatic nitrogens is 2. The predicted molar refractivity (Wildman–Crippen MR) is 144 cm³/mol. The number of hydrogen-bond donors (Lipinski definition) is 2. The second-order valence-electron chi connectivity index (χ2n) is 9.59. The van der Waals surface area contributed by atoms with E-state index in [0.717, 1.165) is 6.42 Å². The van der Waals surface area contributed by atoms with E-state index in [9.17, 15) is 9.18 Å². The number of carbonyl (C=O) groups excluding carboxylic acids is 1. The van der Waals surface area contributed by atoms with Gasteiger partial charge >= 0.3 is 0 Å². The van der Waals surface area contributed by atoms with Crippen LogP contribution >= 0.6 is 11.6 Å². The number of nitrogens with zero attached hydrogens (tertiary/aromatic N) is 3. The maximum Gasteiger partial charge on any atom is 0.248 e. The monoisotopic (exact) mass is 527 g/mol.